The zero-order chi connectivity index (χ0) is 40.3. The molecule has 3 N–H and O–H groups in total. The van der Waals surface area contributed by atoms with E-state index in [1.807, 2.05) is 24.3 Å². The van der Waals surface area contributed by atoms with Crippen LogP contribution in [0, 0.1) is 12.7 Å². The van der Waals surface area contributed by atoms with Gasteiger partial charge in [0.25, 0.3) is 0 Å². The quantitative estimate of drug-likeness (QED) is 0.0873. The summed E-state index contributed by atoms with van der Waals surface area (Å²) in [5.41, 5.74) is 4.90. The Hall–Kier alpha value is -6.10. The van der Waals surface area contributed by atoms with Gasteiger partial charge >= 0.3 is 6.18 Å². The third-order valence-corrected chi connectivity index (χ3v) is 9.68. The number of anilines is 3. The van der Waals surface area contributed by atoms with Crippen LogP contribution in [-0.2, 0) is 30.1 Å². The predicted octanol–water partition coefficient (Wildman–Crippen LogP) is 7.67. The van der Waals surface area contributed by atoms with E-state index in [0.29, 0.717) is 17.1 Å². The van der Waals surface area contributed by atoms with Gasteiger partial charge in [0.15, 0.2) is 5.82 Å². The second-order valence-corrected chi connectivity index (χ2v) is 14.0. The molecule has 0 aliphatic rings. The van der Waals surface area contributed by atoms with E-state index in [0.717, 1.165) is 17.2 Å². The minimum atomic E-state index is -4.98. The number of nitrogens with zero attached hydrogens (tertiary/aromatic N) is 6. The van der Waals surface area contributed by atoms with Crippen molar-refractivity contribution in [2.75, 3.05) is 43.5 Å². The van der Waals surface area contributed by atoms with Crippen molar-refractivity contribution in [3.63, 3.8) is 0 Å². The molecule has 6 aromatic rings. The normalized spacial score (nSPS) is 12.6. The second-order valence-electron chi connectivity index (χ2n) is 12.7. The molecule has 2 atom stereocenters. The molecule has 2 aromatic carbocycles. The molecule has 4 heterocycles. The first-order chi connectivity index (χ1) is 26.7. The van der Waals surface area contributed by atoms with Crippen LogP contribution < -0.4 is 30.2 Å². The number of benzene rings is 2. The molecule has 0 radical (unpaired) electrons. The maximum absolute atomic E-state index is 17.1. The van der Waals surface area contributed by atoms with Crippen molar-refractivity contribution in [2.45, 2.75) is 44.3 Å². The maximum atomic E-state index is 17.1. The fourth-order valence-corrected chi connectivity index (χ4v) is 6.68. The third kappa shape index (κ3) is 8.27. The molecule has 0 spiro atoms. The van der Waals surface area contributed by atoms with Gasteiger partial charge < -0.3 is 30.2 Å². The molecule has 0 aliphatic carbocycles. The number of rotatable bonds is 13. The van der Waals surface area contributed by atoms with Gasteiger partial charge in [0.1, 0.15) is 45.5 Å². The van der Waals surface area contributed by atoms with Gasteiger partial charge in [-0.1, -0.05) is 30.3 Å². The molecular weight excluding hydrogens is 753 g/mol. The highest BCUT2D eigenvalue weighted by Crippen LogP contribution is 2.44. The van der Waals surface area contributed by atoms with Gasteiger partial charge in [-0.15, -0.1) is 0 Å². The molecule has 0 saturated heterocycles. The number of methoxy groups -OCH3 is 3. The lowest BCUT2D eigenvalue weighted by Gasteiger charge is -2.27. The fraction of sp³-hybridized carbons (Fsp3) is 0.256. The van der Waals surface area contributed by atoms with Gasteiger partial charge in [-0.05, 0) is 61.4 Å². The highest BCUT2D eigenvalue weighted by atomic mass is 32.2. The highest BCUT2D eigenvalue weighted by Gasteiger charge is 2.39. The molecule has 17 heteroatoms. The average Bonchev–Trinajstić information content (AvgIpc) is 3.17. The van der Waals surface area contributed by atoms with Gasteiger partial charge in [-0.2, -0.15) is 13.2 Å². The first-order valence-electron chi connectivity index (χ1n) is 17.1. The lowest BCUT2D eigenvalue weighted by molar-refractivity contribution is -0.137. The van der Waals surface area contributed by atoms with E-state index in [9.17, 15) is 4.21 Å². The molecule has 4 aromatic heterocycles. The second kappa shape index (κ2) is 16.3. The lowest BCUT2D eigenvalue weighted by atomic mass is 10.0. The summed E-state index contributed by atoms with van der Waals surface area (Å²) < 4.78 is 91.1. The smallest absolute Gasteiger partial charge is 0.418 e. The zero-order valence-electron chi connectivity index (χ0n) is 31.2. The fourth-order valence-electron chi connectivity index (χ4n) is 6.24. The van der Waals surface area contributed by atoms with Gasteiger partial charge in [0.05, 0.1) is 49.4 Å². The monoisotopic (exact) mass is 790 g/mol. The van der Waals surface area contributed by atoms with Crippen LogP contribution in [0.2, 0.25) is 0 Å². The molecule has 292 valence electrons. The number of aromatic nitrogens is 5. The number of nitrogens with one attached hydrogen (secondary N) is 1. The molecule has 1 unspecified atom stereocenters. The van der Waals surface area contributed by atoms with E-state index in [1.165, 1.54) is 26.5 Å². The maximum Gasteiger partial charge on any atom is 0.418 e. The summed E-state index contributed by atoms with van der Waals surface area (Å²) in [7, 11) is 2.48. The number of halogens is 4. The summed E-state index contributed by atoms with van der Waals surface area (Å²) in [6.45, 7) is 3.36. The Labute approximate surface area is 322 Å². The zero-order valence-corrected chi connectivity index (χ0v) is 32.0. The van der Waals surface area contributed by atoms with Crippen LogP contribution in [0.5, 0.6) is 17.4 Å². The van der Waals surface area contributed by atoms with Crippen LogP contribution in [-0.4, -0.2) is 56.7 Å². The Kier molecular flexibility index (Phi) is 11.5. The summed E-state index contributed by atoms with van der Waals surface area (Å²) in [5, 5.41) is 2.76. The summed E-state index contributed by atoms with van der Waals surface area (Å²) >= 11 is 0. The summed E-state index contributed by atoms with van der Waals surface area (Å²) in [6, 6.07) is 18.4. The minimum absolute atomic E-state index is 0.0291. The Morgan fingerprint density at radius 1 is 0.893 bits per heavy atom. The molecular formula is C39H38F4N8O4S. The highest BCUT2D eigenvalue weighted by molar-refractivity contribution is 7.84. The molecule has 0 amide bonds. The van der Waals surface area contributed by atoms with Crippen LogP contribution >= 0.6 is 0 Å². The Bertz CT molecular complexity index is 2350. The van der Waals surface area contributed by atoms with Crippen molar-refractivity contribution in [2.24, 2.45) is 0 Å². The van der Waals surface area contributed by atoms with E-state index in [2.05, 4.69) is 30.2 Å². The molecule has 0 saturated carbocycles. The average molecular weight is 791 g/mol. The molecule has 0 fully saturated rings. The van der Waals surface area contributed by atoms with Gasteiger partial charge in [-0.3, -0.25) is 4.21 Å². The number of ether oxygens (including phenoxy) is 3. The first kappa shape index (κ1) is 39.6. The van der Waals surface area contributed by atoms with Crippen molar-refractivity contribution in [1.29, 1.82) is 0 Å². The minimum Gasteiger partial charge on any atom is -0.497 e. The largest absolute Gasteiger partial charge is 0.497 e. The van der Waals surface area contributed by atoms with Gasteiger partial charge in [0, 0.05) is 36.7 Å². The van der Waals surface area contributed by atoms with E-state index < -0.39 is 56.9 Å². The Morgan fingerprint density at radius 2 is 1.50 bits per heavy atom. The Morgan fingerprint density at radius 3 is 2.02 bits per heavy atom. The van der Waals surface area contributed by atoms with E-state index in [4.69, 9.17) is 19.9 Å². The van der Waals surface area contributed by atoms with Gasteiger partial charge in [-0.25, -0.2) is 29.3 Å². The standard InChI is InChI=1S/C39H38F4N8O4S/c1-21(27-8-7-17-45-35(27)44)47-36-30-34(49-38(50-36)56(6)52)32(40)33(48-37(30)55-5)28-18-29(46-22(2)31(28)39(41,42)43)51(19-23-9-13-25(53-3)14-10-23)20-24-11-15-26(54-4)16-12-24/h7-18,21H,19-20H2,1-6H3,(H2,44,45)(H,47,49,50)/t21-,56?/m1/s1. The molecule has 6 rings (SSSR count). The lowest BCUT2D eigenvalue weighted by Crippen LogP contribution is -2.24. The molecule has 56 heavy (non-hydrogen) atoms. The number of hydrogen-bond acceptors (Lipinski definition) is 12. The Balaban J connectivity index is 1.56. The third-order valence-electron chi connectivity index (χ3n) is 8.99. The number of nitrogen functional groups attached to an aromatic ring is 1. The molecule has 12 nitrogen and oxygen atoms in total. The van der Waals surface area contributed by atoms with Crippen molar-refractivity contribution >= 4 is 39.2 Å². The predicted molar refractivity (Wildman–Crippen MR) is 206 cm³/mol. The molecule has 0 bridgehead atoms. The summed E-state index contributed by atoms with van der Waals surface area (Å²) in [5.74, 6) is 0.0583. The number of nitrogens with two attached hydrogens (primary N) is 1. The number of alkyl halides is 3. The number of pyridine rings is 3. The number of aryl methyl sites for hydroxylation is 1. The summed E-state index contributed by atoms with van der Waals surface area (Å²) in [4.78, 5) is 23.2. The van der Waals surface area contributed by atoms with Crippen molar-refractivity contribution < 1.29 is 36.0 Å². The molecule has 0 aliphatic heterocycles. The van der Waals surface area contributed by atoms with Crippen LogP contribution in [0.4, 0.5) is 35.0 Å². The van der Waals surface area contributed by atoms with Crippen molar-refractivity contribution in [3.8, 4) is 28.6 Å². The number of hydrogen-bond donors (Lipinski definition) is 2. The summed E-state index contributed by atoms with van der Waals surface area (Å²) in [6.07, 6.45) is -2.16. The van der Waals surface area contributed by atoms with Crippen LogP contribution in [0.3, 0.4) is 0 Å². The van der Waals surface area contributed by atoms with Crippen LogP contribution in [0.25, 0.3) is 22.2 Å². The van der Waals surface area contributed by atoms with E-state index in [1.54, 1.807) is 62.4 Å². The van der Waals surface area contributed by atoms with Crippen LogP contribution in [0.1, 0.15) is 40.9 Å². The van der Waals surface area contributed by atoms with Crippen molar-refractivity contribution in [1.82, 2.24) is 24.9 Å². The first-order valence-corrected chi connectivity index (χ1v) is 18.6. The SMILES string of the molecule is COc1ccc(CN(Cc2ccc(OC)cc2)c2cc(-c3nc(OC)c4c(N[C@H](C)c5cccnc5N)nc(S(C)=O)nc4c3F)c(C(F)(F)F)c(C)n2)cc1. The van der Waals surface area contributed by atoms with E-state index in [-0.39, 0.29) is 47.0 Å². The van der Waals surface area contributed by atoms with Gasteiger partial charge in [0.2, 0.25) is 11.0 Å². The van der Waals surface area contributed by atoms with E-state index >= 15 is 17.6 Å². The van der Waals surface area contributed by atoms with Crippen LogP contribution in [0.15, 0.2) is 78.1 Å². The topological polar surface area (TPSA) is 150 Å². The van der Waals surface area contributed by atoms with Crippen molar-refractivity contribution in [3.05, 3.63) is 107 Å². The number of fused-ring (bicyclic) bond motifs is 1.